The fourth-order valence-corrected chi connectivity index (χ4v) is 5.90. The number of benzene rings is 2. The molecule has 0 saturated carbocycles. The number of β-amino-alcohol motifs (C(OH)–C–C–N with tert-alkyl or cyclic N) is 1. The number of aromatic nitrogens is 1. The molecule has 0 radical (unpaired) electrons. The Balaban J connectivity index is 1.56. The predicted octanol–water partition coefficient (Wildman–Crippen LogP) is 5.73. The summed E-state index contributed by atoms with van der Waals surface area (Å²) in [5.74, 6) is 1.66. The van der Waals surface area contributed by atoms with E-state index in [1.54, 1.807) is 7.11 Å². The predicted molar refractivity (Wildman–Crippen MR) is 150 cm³/mol. The van der Waals surface area contributed by atoms with Crippen LogP contribution in [0.5, 0.6) is 5.75 Å². The Morgan fingerprint density at radius 2 is 1.95 bits per heavy atom. The second kappa shape index (κ2) is 10.9. The van der Waals surface area contributed by atoms with Crippen LogP contribution in [-0.2, 0) is 13.1 Å². The summed E-state index contributed by atoms with van der Waals surface area (Å²) in [5, 5.41) is 13.4. The second-order valence-corrected chi connectivity index (χ2v) is 10.7. The van der Waals surface area contributed by atoms with Crippen LogP contribution in [0.2, 0.25) is 0 Å². The molecule has 3 heterocycles. The van der Waals surface area contributed by atoms with Crippen LogP contribution in [0, 0.1) is 13.8 Å². The summed E-state index contributed by atoms with van der Waals surface area (Å²) >= 11 is 1.48. The van der Waals surface area contributed by atoms with E-state index in [0.717, 1.165) is 69.0 Å². The van der Waals surface area contributed by atoms with Gasteiger partial charge in [0.2, 0.25) is 0 Å². The van der Waals surface area contributed by atoms with Crippen molar-refractivity contribution in [3.05, 3.63) is 87.1 Å². The molecule has 1 aliphatic heterocycles. The van der Waals surface area contributed by atoms with Gasteiger partial charge in [-0.3, -0.25) is 4.79 Å². The lowest BCUT2D eigenvalue weighted by molar-refractivity contribution is 0.0734. The minimum Gasteiger partial charge on any atom is -0.497 e. The van der Waals surface area contributed by atoms with Crippen molar-refractivity contribution in [3.63, 3.8) is 0 Å². The zero-order valence-corrected chi connectivity index (χ0v) is 22.4. The number of piperidine rings is 1. The molecule has 7 heteroatoms. The number of carbonyl (C=O) groups is 1. The van der Waals surface area contributed by atoms with Crippen LogP contribution in [0.1, 0.15) is 44.8 Å². The number of pyridine rings is 1. The molecule has 192 valence electrons. The maximum atomic E-state index is 13.9. The van der Waals surface area contributed by atoms with Crippen molar-refractivity contribution in [2.24, 2.45) is 0 Å². The van der Waals surface area contributed by atoms with Gasteiger partial charge < -0.3 is 19.6 Å². The lowest BCUT2D eigenvalue weighted by Crippen LogP contribution is -2.40. The number of hydrogen-bond donors (Lipinski definition) is 1. The molecular weight excluding hydrogens is 482 g/mol. The fourth-order valence-electron chi connectivity index (χ4n) is 5.01. The molecule has 1 N–H and O–H groups in total. The Bertz CT molecular complexity index is 1400. The first-order valence-corrected chi connectivity index (χ1v) is 13.6. The molecule has 0 bridgehead atoms. The lowest BCUT2D eigenvalue weighted by Gasteiger charge is -2.33. The van der Waals surface area contributed by atoms with Gasteiger partial charge in [0.15, 0.2) is 0 Å². The number of fused-ring (bicyclic) bond motifs is 1. The Morgan fingerprint density at radius 1 is 1.14 bits per heavy atom. The molecule has 1 saturated heterocycles. The molecule has 0 aliphatic carbocycles. The van der Waals surface area contributed by atoms with E-state index >= 15 is 0 Å². The highest BCUT2D eigenvalue weighted by atomic mass is 32.1. The number of hydrogen-bond acceptors (Lipinski definition) is 6. The third-order valence-corrected chi connectivity index (χ3v) is 8.04. The molecule has 0 spiro atoms. The van der Waals surface area contributed by atoms with Crippen LogP contribution in [0.4, 0.5) is 5.82 Å². The third-order valence-electron chi connectivity index (χ3n) is 7.04. The van der Waals surface area contributed by atoms with Crippen molar-refractivity contribution in [1.82, 2.24) is 9.88 Å². The molecule has 37 heavy (non-hydrogen) atoms. The first-order chi connectivity index (χ1) is 17.9. The van der Waals surface area contributed by atoms with E-state index in [1.807, 2.05) is 53.6 Å². The van der Waals surface area contributed by atoms with E-state index in [4.69, 9.17) is 9.72 Å². The Kier molecular flexibility index (Phi) is 7.44. The van der Waals surface area contributed by atoms with Gasteiger partial charge in [0, 0.05) is 30.6 Å². The standard InChI is InChI=1S/C30H33N3O3S/c1-20-6-4-7-23-16-24(29(31-27(20)23)32-14-5-8-25(34)19-32)18-33(30(35)28-21(2)13-15-37-28)17-22-9-11-26(36-3)12-10-22/h4,6-7,9-13,15-16,25,34H,5,8,14,17-19H2,1-3H3/t25-/m0/s1. The number of rotatable bonds is 7. The topological polar surface area (TPSA) is 65.9 Å². The number of methoxy groups -OCH3 is 1. The van der Waals surface area contributed by atoms with Crippen LogP contribution in [0.3, 0.4) is 0 Å². The van der Waals surface area contributed by atoms with E-state index in [9.17, 15) is 9.90 Å². The molecule has 1 fully saturated rings. The fraction of sp³-hybridized carbons (Fsp3) is 0.333. The average molecular weight is 516 g/mol. The van der Waals surface area contributed by atoms with Crippen molar-refractivity contribution in [2.45, 2.75) is 45.9 Å². The minimum atomic E-state index is -0.373. The van der Waals surface area contributed by atoms with E-state index < -0.39 is 0 Å². The SMILES string of the molecule is COc1ccc(CN(Cc2cc3cccc(C)c3nc2N2CCC[C@H](O)C2)C(=O)c2sccc2C)cc1. The van der Waals surface area contributed by atoms with Gasteiger partial charge in [-0.2, -0.15) is 0 Å². The number of nitrogens with zero attached hydrogens (tertiary/aromatic N) is 3. The number of aliphatic hydroxyl groups excluding tert-OH is 1. The number of anilines is 1. The van der Waals surface area contributed by atoms with Gasteiger partial charge in [0.25, 0.3) is 5.91 Å². The number of ether oxygens (including phenoxy) is 1. The molecule has 4 aromatic rings. The molecule has 0 unspecified atom stereocenters. The Morgan fingerprint density at radius 3 is 2.65 bits per heavy atom. The summed E-state index contributed by atoms with van der Waals surface area (Å²) < 4.78 is 5.32. The van der Waals surface area contributed by atoms with E-state index in [0.29, 0.717) is 19.6 Å². The molecule has 5 rings (SSSR count). The highest BCUT2D eigenvalue weighted by molar-refractivity contribution is 7.12. The quantitative estimate of drug-likeness (QED) is 0.341. The molecule has 1 atom stereocenters. The van der Waals surface area contributed by atoms with Crippen molar-refractivity contribution in [3.8, 4) is 5.75 Å². The summed E-state index contributed by atoms with van der Waals surface area (Å²) in [6.07, 6.45) is 1.34. The summed E-state index contributed by atoms with van der Waals surface area (Å²) in [4.78, 5) is 23.8. The van der Waals surface area contributed by atoms with E-state index in [2.05, 4.69) is 30.0 Å². The van der Waals surface area contributed by atoms with Gasteiger partial charge in [0.1, 0.15) is 11.6 Å². The van der Waals surface area contributed by atoms with Crippen molar-refractivity contribution < 1.29 is 14.6 Å². The smallest absolute Gasteiger partial charge is 0.264 e. The normalized spacial score (nSPS) is 15.7. The van der Waals surface area contributed by atoms with Crippen LogP contribution in [0.15, 0.2) is 60.0 Å². The number of thiophene rings is 1. The highest BCUT2D eigenvalue weighted by Crippen LogP contribution is 2.30. The Hall–Kier alpha value is -3.42. The second-order valence-electron chi connectivity index (χ2n) is 9.80. The molecule has 1 amide bonds. The van der Waals surface area contributed by atoms with Crippen molar-refractivity contribution in [1.29, 1.82) is 0 Å². The van der Waals surface area contributed by atoms with E-state index in [1.165, 1.54) is 11.3 Å². The third kappa shape index (κ3) is 5.48. The van der Waals surface area contributed by atoms with Gasteiger partial charge in [-0.1, -0.05) is 30.3 Å². The molecule has 2 aromatic heterocycles. The van der Waals surface area contributed by atoms with Crippen molar-refractivity contribution >= 4 is 34.0 Å². The summed E-state index contributed by atoms with van der Waals surface area (Å²) in [6, 6.07) is 18.2. The van der Waals surface area contributed by atoms with Gasteiger partial charge in [0.05, 0.1) is 30.2 Å². The van der Waals surface area contributed by atoms with Gasteiger partial charge in [-0.25, -0.2) is 4.98 Å². The summed E-state index contributed by atoms with van der Waals surface area (Å²) in [7, 11) is 1.65. The average Bonchev–Trinajstić information content (AvgIpc) is 3.34. The number of para-hydroxylation sites is 1. The minimum absolute atomic E-state index is 0.0114. The number of aryl methyl sites for hydroxylation is 2. The van der Waals surface area contributed by atoms with Gasteiger partial charge in [-0.05, 0) is 73.0 Å². The Labute approximate surface area is 222 Å². The summed E-state index contributed by atoms with van der Waals surface area (Å²) in [6.45, 7) is 6.33. The molecule has 2 aromatic carbocycles. The molecule has 6 nitrogen and oxygen atoms in total. The number of amides is 1. The first-order valence-electron chi connectivity index (χ1n) is 12.7. The van der Waals surface area contributed by atoms with Crippen LogP contribution in [0.25, 0.3) is 10.9 Å². The largest absolute Gasteiger partial charge is 0.497 e. The van der Waals surface area contributed by atoms with Crippen molar-refractivity contribution in [2.75, 3.05) is 25.1 Å². The van der Waals surface area contributed by atoms with Crippen LogP contribution >= 0.6 is 11.3 Å². The molecular formula is C30H33N3O3S. The molecule has 1 aliphatic rings. The van der Waals surface area contributed by atoms with Gasteiger partial charge in [-0.15, -0.1) is 11.3 Å². The van der Waals surface area contributed by atoms with Crippen LogP contribution < -0.4 is 9.64 Å². The first kappa shape index (κ1) is 25.2. The van der Waals surface area contributed by atoms with Gasteiger partial charge >= 0.3 is 0 Å². The zero-order valence-electron chi connectivity index (χ0n) is 21.6. The lowest BCUT2D eigenvalue weighted by atomic mass is 10.0. The monoisotopic (exact) mass is 515 g/mol. The maximum absolute atomic E-state index is 13.9. The summed E-state index contributed by atoms with van der Waals surface area (Å²) in [5.41, 5.74) is 5.08. The van der Waals surface area contributed by atoms with E-state index in [-0.39, 0.29) is 12.0 Å². The maximum Gasteiger partial charge on any atom is 0.264 e. The number of aliphatic hydroxyl groups is 1. The number of carbonyl (C=O) groups excluding carboxylic acids is 1. The highest BCUT2D eigenvalue weighted by Gasteiger charge is 2.26. The van der Waals surface area contributed by atoms with Crippen LogP contribution in [-0.4, -0.2) is 47.2 Å². The zero-order chi connectivity index (χ0) is 25.9.